The summed E-state index contributed by atoms with van der Waals surface area (Å²) < 4.78 is 11.8. The minimum atomic E-state index is -0.429. The van der Waals surface area contributed by atoms with Crippen LogP contribution in [-0.2, 0) is 16.2 Å². The van der Waals surface area contributed by atoms with Crippen LogP contribution in [0.15, 0.2) is 58.9 Å². The first kappa shape index (κ1) is 26.8. The summed E-state index contributed by atoms with van der Waals surface area (Å²) in [5.74, 6) is 0.834. The first-order valence-electron chi connectivity index (χ1n) is 12.9. The van der Waals surface area contributed by atoms with Gasteiger partial charge in [-0.25, -0.2) is 0 Å². The number of allylic oxidation sites excluding steroid dienone is 4. The third-order valence-electron chi connectivity index (χ3n) is 7.64. The number of benzene rings is 2. The van der Waals surface area contributed by atoms with Crippen LogP contribution in [0.3, 0.4) is 0 Å². The Bertz CT molecular complexity index is 1350. The largest absolute Gasteiger partial charge is 0.493 e. The molecule has 2 aromatic carbocycles. The zero-order valence-electron chi connectivity index (χ0n) is 22.5. The highest BCUT2D eigenvalue weighted by atomic mass is 35.5. The van der Waals surface area contributed by atoms with Gasteiger partial charge in [-0.15, -0.1) is 0 Å². The van der Waals surface area contributed by atoms with Crippen molar-refractivity contribution in [3.63, 3.8) is 0 Å². The second kappa shape index (κ2) is 9.77. The van der Waals surface area contributed by atoms with Gasteiger partial charge in [0, 0.05) is 56.9 Å². The number of carbonyl (C=O) groups is 2. The van der Waals surface area contributed by atoms with E-state index in [0.717, 1.165) is 35.4 Å². The van der Waals surface area contributed by atoms with E-state index in [9.17, 15) is 9.59 Å². The number of rotatable bonds is 5. The Morgan fingerprint density at radius 3 is 2.00 bits per heavy atom. The Morgan fingerprint density at radius 2 is 1.45 bits per heavy atom. The van der Waals surface area contributed by atoms with E-state index in [0.29, 0.717) is 45.5 Å². The Morgan fingerprint density at radius 1 is 0.842 bits per heavy atom. The molecule has 0 spiro atoms. The van der Waals surface area contributed by atoms with Crippen molar-refractivity contribution in [2.24, 2.45) is 10.8 Å². The molecule has 3 aliphatic rings. The minimum absolute atomic E-state index is 0.0922. The van der Waals surface area contributed by atoms with Crippen LogP contribution in [0.2, 0.25) is 10.0 Å². The van der Waals surface area contributed by atoms with Crippen molar-refractivity contribution in [2.75, 3.05) is 7.11 Å². The molecule has 2 aromatic rings. The van der Waals surface area contributed by atoms with Gasteiger partial charge in [-0.3, -0.25) is 9.59 Å². The first-order valence-corrected chi connectivity index (χ1v) is 13.7. The minimum Gasteiger partial charge on any atom is -0.493 e. The topological polar surface area (TPSA) is 64.6 Å². The van der Waals surface area contributed by atoms with E-state index < -0.39 is 5.92 Å². The molecular formula is C31H33Cl2NO4. The summed E-state index contributed by atoms with van der Waals surface area (Å²) in [5, 5.41) is 4.64. The standard InChI is InChI=1S/C31H33Cl2NO4/c1-30(2)12-21-28(23(35)14-30)27(29-22(34-21)13-31(3,4)15-24(29)36)17-7-9-25(26(10-17)37-5)38-16-18-6-8-19(32)11-20(18)33/h6-11,27,34H,12-16H2,1-5H3. The summed E-state index contributed by atoms with van der Waals surface area (Å²) in [6, 6.07) is 11.0. The molecule has 1 heterocycles. The molecule has 0 saturated carbocycles. The Kier molecular flexibility index (Phi) is 6.90. The van der Waals surface area contributed by atoms with Crippen LogP contribution in [0.5, 0.6) is 11.5 Å². The number of dihydropyridines is 1. The molecule has 200 valence electrons. The summed E-state index contributed by atoms with van der Waals surface area (Å²) >= 11 is 12.3. The summed E-state index contributed by atoms with van der Waals surface area (Å²) in [4.78, 5) is 27.1. The molecular weight excluding hydrogens is 521 g/mol. The highest BCUT2D eigenvalue weighted by Crippen LogP contribution is 2.51. The third kappa shape index (κ3) is 5.11. The molecule has 0 fully saturated rings. The average Bonchev–Trinajstić information content (AvgIpc) is 2.80. The van der Waals surface area contributed by atoms with Gasteiger partial charge in [0.05, 0.1) is 7.11 Å². The van der Waals surface area contributed by atoms with Gasteiger partial charge in [0.15, 0.2) is 23.1 Å². The molecule has 0 radical (unpaired) electrons. The van der Waals surface area contributed by atoms with E-state index in [4.69, 9.17) is 32.7 Å². The molecule has 1 N–H and O–H groups in total. The van der Waals surface area contributed by atoms with Gasteiger partial charge in [-0.1, -0.05) is 63.0 Å². The van der Waals surface area contributed by atoms with Crippen molar-refractivity contribution >= 4 is 34.8 Å². The number of Topliss-reactive ketones (excluding diaryl/α,β-unsaturated/α-hetero) is 2. The smallest absolute Gasteiger partial charge is 0.162 e. The molecule has 2 aliphatic carbocycles. The maximum atomic E-state index is 13.6. The predicted molar refractivity (Wildman–Crippen MR) is 150 cm³/mol. The SMILES string of the molecule is COc1cc(C2C3=C(CC(C)(C)CC3=O)NC3=C2C(=O)CC(C)(C)C3)ccc1OCc1ccc(Cl)cc1Cl. The Balaban J connectivity index is 1.55. The van der Waals surface area contributed by atoms with Gasteiger partial charge in [0.25, 0.3) is 0 Å². The van der Waals surface area contributed by atoms with Gasteiger partial charge in [-0.05, 0) is 53.5 Å². The van der Waals surface area contributed by atoms with E-state index in [1.165, 1.54) is 0 Å². The van der Waals surface area contributed by atoms with Crippen molar-refractivity contribution in [1.82, 2.24) is 5.32 Å². The van der Waals surface area contributed by atoms with Crippen molar-refractivity contribution in [3.05, 3.63) is 80.1 Å². The maximum Gasteiger partial charge on any atom is 0.162 e. The van der Waals surface area contributed by atoms with E-state index in [1.807, 2.05) is 24.3 Å². The van der Waals surface area contributed by atoms with Gasteiger partial charge in [-0.2, -0.15) is 0 Å². The van der Waals surface area contributed by atoms with Crippen LogP contribution >= 0.6 is 23.2 Å². The monoisotopic (exact) mass is 553 g/mol. The first-order chi connectivity index (χ1) is 17.9. The van der Waals surface area contributed by atoms with Crippen molar-refractivity contribution < 1.29 is 19.1 Å². The zero-order chi connectivity index (χ0) is 27.4. The van der Waals surface area contributed by atoms with E-state index >= 15 is 0 Å². The van der Waals surface area contributed by atoms with Crippen molar-refractivity contribution in [2.45, 2.75) is 65.9 Å². The maximum absolute atomic E-state index is 13.6. The van der Waals surface area contributed by atoms with Crippen LogP contribution in [0, 0.1) is 10.8 Å². The molecule has 0 amide bonds. The Labute approximate surface area is 234 Å². The highest BCUT2D eigenvalue weighted by Gasteiger charge is 2.46. The number of halogens is 2. The number of hydrogen-bond acceptors (Lipinski definition) is 5. The van der Waals surface area contributed by atoms with Gasteiger partial charge in [0.1, 0.15) is 6.61 Å². The molecule has 5 nitrogen and oxygen atoms in total. The molecule has 5 rings (SSSR count). The summed E-state index contributed by atoms with van der Waals surface area (Å²) in [7, 11) is 1.58. The summed E-state index contributed by atoms with van der Waals surface area (Å²) in [5.41, 5.74) is 4.67. The van der Waals surface area contributed by atoms with Crippen LogP contribution in [0.1, 0.15) is 70.4 Å². The Hall–Kier alpha value is -2.76. The molecule has 0 aromatic heterocycles. The summed E-state index contributed by atoms with van der Waals surface area (Å²) in [6.45, 7) is 8.71. The lowest BCUT2D eigenvalue weighted by Gasteiger charge is -2.44. The number of nitrogens with one attached hydrogen (secondary N) is 1. The quantitative estimate of drug-likeness (QED) is 0.414. The van der Waals surface area contributed by atoms with Crippen molar-refractivity contribution in [1.29, 1.82) is 0 Å². The lowest BCUT2D eigenvalue weighted by Crippen LogP contribution is -2.42. The second-order valence-electron chi connectivity index (χ2n) is 12.2. The third-order valence-corrected chi connectivity index (χ3v) is 8.23. The van der Waals surface area contributed by atoms with Crippen LogP contribution < -0.4 is 14.8 Å². The van der Waals surface area contributed by atoms with Crippen LogP contribution in [-0.4, -0.2) is 18.7 Å². The molecule has 0 atom stereocenters. The van der Waals surface area contributed by atoms with Crippen molar-refractivity contribution in [3.8, 4) is 11.5 Å². The predicted octanol–water partition coefficient (Wildman–Crippen LogP) is 7.55. The van der Waals surface area contributed by atoms with Gasteiger partial charge >= 0.3 is 0 Å². The number of methoxy groups -OCH3 is 1. The average molecular weight is 555 g/mol. The molecule has 7 heteroatoms. The van der Waals surface area contributed by atoms with Gasteiger partial charge < -0.3 is 14.8 Å². The fourth-order valence-corrected chi connectivity index (χ4v) is 6.46. The molecule has 0 saturated heterocycles. The molecule has 1 aliphatic heterocycles. The van der Waals surface area contributed by atoms with Crippen LogP contribution in [0.25, 0.3) is 0 Å². The zero-order valence-corrected chi connectivity index (χ0v) is 24.0. The fourth-order valence-electron chi connectivity index (χ4n) is 6.00. The molecule has 38 heavy (non-hydrogen) atoms. The molecule has 0 bridgehead atoms. The summed E-state index contributed by atoms with van der Waals surface area (Å²) in [6.07, 6.45) is 2.42. The lowest BCUT2D eigenvalue weighted by molar-refractivity contribution is -0.119. The van der Waals surface area contributed by atoms with E-state index in [1.54, 1.807) is 19.2 Å². The second-order valence-corrected chi connectivity index (χ2v) is 13.0. The number of ketones is 2. The number of ether oxygens (including phenoxy) is 2. The van der Waals surface area contributed by atoms with E-state index in [-0.39, 0.29) is 29.0 Å². The normalized spacial score (nSPS) is 20.6. The van der Waals surface area contributed by atoms with Gasteiger partial charge in [0.2, 0.25) is 0 Å². The fraction of sp³-hybridized carbons (Fsp3) is 0.419. The number of hydrogen-bond donors (Lipinski definition) is 1. The van der Waals surface area contributed by atoms with Crippen LogP contribution in [0.4, 0.5) is 0 Å². The molecule has 0 unspecified atom stereocenters. The lowest BCUT2D eigenvalue weighted by atomic mass is 9.64. The highest BCUT2D eigenvalue weighted by molar-refractivity contribution is 6.35. The van der Waals surface area contributed by atoms with E-state index in [2.05, 4.69) is 33.0 Å². The number of carbonyl (C=O) groups excluding carboxylic acids is 2.